The van der Waals surface area contributed by atoms with E-state index in [0.29, 0.717) is 12.5 Å². The van der Waals surface area contributed by atoms with Gasteiger partial charge in [-0.3, -0.25) is 4.79 Å². The van der Waals surface area contributed by atoms with Crippen molar-refractivity contribution in [2.75, 3.05) is 6.61 Å². The molecule has 1 aliphatic heterocycles. The molecule has 0 aromatic rings. The molecule has 0 saturated heterocycles. The van der Waals surface area contributed by atoms with Crippen molar-refractivity contribution in [2.45, 2.75) is 58.8 Å². The fourth-order valence-corrected chi connectivity index (χ4v) is 5.63. The zero-order chi connectivity index (χ0) is 17.5. The van der Waals surface area contributed by atoms with Gasteiger partial charge in [0, 0.05) is 6.08 Å². The molecule has 0 radical (unpaired) electrons. The van der Waals surface area contributed by atoms with Crippen molar-refractivity contribution >= 4 is 11.9 Å². The first-order valence-electron chi connectivity index (χ1n) is 9.04. The largest absolute Gasteiger partial charge is 0.481 e. The van der Waals surface area contributed by atoms with E-state index < -0.39 is 11.4 Å². The number of carbonyl (C=O) groups excluding carboxylic acids is 1. The number of carbonyl (C=O) groups is 2. The van der Waals surface area contributed by atoms with Gasteiger partial charge in [-0.2, -0.15) is 0 Å². The Morgan fingerprint density at radius 3 is 2.79 bits per heavy atom. The Balaban J connectivity index is 1.82. The first kappa shape index (κ1) is 17.2. The Hall–Kier alpha value is -1.58. The molecular weight excluding hydrogens is 304 g/mol. The Morgan fingerprint density at radius 2 is 2.17 bits per heavy atom. The van der Waals surface area contributed by atoms with E-state index in [-0.39, 0.29) is 17.3 Å². The molecule has 3 aliphatic rings. The highest BCUT2D eigenvalue weighted by Gasteiger charge is 2.57. The first-order chi connectivity index (χ1) is 11.3. The van der Waals surface area contributed by atoms with Crippen molar-refractivity contribution in [1.29, 1.82) is 0 Å². The van der Waals surface area contributed by atoms with Gasteiger partial charge in [0.25, 0.3) is 0 Å². The minimum atomic E-state index is -0.651. The number of carboxylic acids is 1. The molecule has 2 fully saturated rings. The van der Waals surface area contributed by atoms with Gasteiger partial charge in [0.1, 0.15) is 6.61 Å². The minimum absolute atomic E-state index is 0.00917. The van der Waals surface area contributed by atoms with Gasteiger partial charge in [0.05, 0.1) is 5.41 Å². The normalized spacial score (nSPS) is 39.2. The number of esters is 1. The van der Waals surface area contributed by atoms with E-state index in [0.717, 1.165) is 50.5 Å². The third-order valence-electron chi connectivity index (χ3n) is 6.98. The van der Waals surface area contributed by atoms with E-state index in [4.69, 9.17) is 4.74 Å². The Morgan fingerprint density at radius 1 is 1.42 bits per heavy atom. The Bertz CT molecular complexity index is 605. The zero-order valence-electron chi connectivity index (χ0n) is 14.8. The third kappa shape index (κ3) is 2.70. The molecule has 0 aromatic carbocycles. The number of carboxylic acid groups (broad SMARTS) is 1. The second-order valence-electron chi connectivity index (χ2n) is 8.33. The van der Waals surface area contributed by atoms with E-state index >= 15 is 0 Å². The molecule has 2 aliphatic carbocycles. The molecule has 0 amide bonds. The number of ether oxygens (including phenoxy) is 1. The molecule has 24 heavy (non-hydrogen) atoms. The summed E-state index contributed by atoms with van der Waals surface area (Å²) in [5, 5.41) is 9.85. The lowest BCUT2D eigenvalue weighted by molar-refractivity contribution is -0.164. The Kier molecular flexibility index (Phi) is 4.35. The summed E-state index contributed by atoms with van der Waals surface area (Å²) in [5.74, 6) is -0.371. The molecule has 1 N–H and O–H groups in total. The number of aliphatic carboxylic acids is 1. The number of rotatable bonds is 4. The van der Waals surface area contributed by atoms with Crippen LogP contribution >= 0.6 is 0 Å². The molecule has 4 heteroatoms. The van der Waals surface area contributed by atoms with E-state index in [2.05, 4.69) is 13.5 Å². The van der Waals surface area contributed by atoms with E-state index in [1.165, 1.54) is 5.57 Å². The van der Waals surface area contributed by atoms with Crippen LogP contribution in [0.4, 0.5) is 0 Å². The number of hydrogen-bond donors (Lipinski definition) is 1. The first-order valence-corrected chi connectivity index (χ1v) is 9.04. The predicted molar refractivity (Wildman–Crippen MR) is 91.3 cm³/mol. The van der Waals surface area contributed by atoms with Gasteiger partial charge in [0.2, 0.25) is 0 Å². The van der Waals surface area contributed by atoms with Crippen molar-refractivity contribution in [3.63, 3.8) is 0 Å². The molecule has 4 atom stereocenters. The van der Waals surface area contributed by atoms with Crippen LogP contribution in [0.15, 0.2) is 23.8 Å². The number of allylic oxidation sites excluding steroid dienone is 1. The summed E-state index contributed by atoms with van der Waals surface area (Å²) >= 11 is 0. The lowest BCUT2D eigenvalue weighted by Crippen LogP contribution is -2.53. The molecule has 2 saturated carbocycles. The van der Waals surface area contributed by atoms with Crippen LogP contribution in [0.5, 0.6) is 0 Å². The van der Waals surface area contributed by atoms with Gasteiger partial charge in [-0.1, -0.05) is 25.5 Å². The number of cyclic esters (lactones) is 1. The fraction of sp³-hybridized carbons (Fsp3) is 0.700. The average molecular weight is 332 g/mol. The zero-order valence-corrected chi connectivity index (χ0v) is 14.8. The lowest BCUT2D eigenvalue weighted by Gasteiger charge is -2.57. The number of hydrogen-bond acceptors (Lipinski definition) is 3. The van der Waals surface area contributed by atoms with Gasteiger partial charge < -0.3 is 9.84 Å². The van der Waals surface area contributed by atoms with Crippen LogP contribution in [-0.4, -0.2) is 23.7 Å². The van der Waals surface area contributed by atoms with Gasteiger partial charge in [-0.25, -0.2) is 4.79 Å². The van der Waals surface area contributed by atoms with Crippen molar-refractivity contribution < 1.29 is 19.4 Å². The van der Waals surface area contributed by atoms with Crippen LogP contribution in [0, 0.1) is 22.7 Å². The average Bonchev–Trinajstić information content (AvgIpc) is 2.91. The molecule has 132 valence electrons. The van der Waals surface area contributed by atoms with Crippen molar-refractivity contribution in [3.8, 4) is 0 Å². The molecule has 0 spiro atoms. The molecule has 1 heterocycles. The molecular formula is C20H28O4. The van der Waals surface area contributed by atoms with Gasteiger partial charge >= 0.3 is 11.9 Å². The molecule has 0 bridgehead atoms. The van der Waals surface area contributed by atoms with Crippen molar-refractivity contribution in [2.24, 2.45) is 22.7 Å². The highest BCUT2D eigenvalue weighted by molar-refractivity contribution is 5.85. The van der Waals surface area contributed by atoms with Gasteiger partial charge in [0.15, 0.2) is 0 Å². The summed E-state index contributed by atoms with van der Waals surface area (Å²) in [4.78, 5) is 23.2. The molecule has 0 aromatic heterocycles. The van der Waals surface area contributed by atoms with Crippen molar-refractivity contribution in [3.05, 3.63) is 23.8 Å². The number of fused-ring (bicyclic) bond motifs is 1. The third-order valence-corrected chi connectivity index (χ3v) is 6.98. The van der Waals surface area contributed by atoms with Gasteiger partial charge in [-0.15, -0.1) is 0 Å². The maximum absolute atomic E-state index is 12.0. The van der Waals surface area contributed by atoms with Crippen LogP contribution in [0.25, 0.3) is 0 Å². The summed E-state index contributed by atoms with van der Waals surface area (Å²) in [6.07, 6.45) is 8.03. The van der Waals surface area contributed by atoms with Crippen LogP contribution in [0.2, 0.25) is 0 Å². The van der Waals surface area contributed by atoms with Crippen LogP contribution < -0.4 is 0 Å². The standard InChI is InChI=1S/C20H28O4/c1-13-5-8-16-19(2,9-4-10-20(16,3)18(22)23)15(13)7-6-14-11-17(21)24-12-14/h11,15-16H,1,4-10,12H2,2-3H3,(H,22,23)/t15-,16+,19+,20+/m0/s1. The summed E-state index contributed by atoms with van der Waals surface area (Å²) < 4.78 is 5.00. The van der Waals surface area contributed by atoms with Crippen LogP contribution in [0.1, 0.15) is 58.8 Å². The smallest absolute Gasteiger partial charge is 0.331 e. The van der Waals surface area contributed by atoms with Crippen molar-refractivity contribution in [1.82, 2.24) is 0 Å². The lowest BCUT2D eigenvalue weighted by atomic mass is 9.46. The van der Waals surface area contributed by atoms with Gasteiger partial charge in [-0.05, 0) is 68.3 Å². The topological polar surface area (TPSA) is 63.6 Å². The second-order valence-corrected chi connectivity index (χ2v) is 8.33. The molecule has 4 nitrogen and oxygen atoms in total. The SMILES string of the molecule is C=C1CC[C@@H]2[C@](C)(CCC[C@@]2(C)C(=O)O)[C@H]1CCC1=CC(=O)OC1. The predicted octanol–water partition coefficient (Wildman–Crippen LogP) is 4.11. The fourth-order valence-electron chi connectivity index (χ4n) is 5.63. The summed E-state index contributed by atoms with van der Waals surface area (Å²) in [5.41, 5.74) is 1.67. The van der Waals surface area contributed by atoms with Crippen LogP contribution in [0.3, 0.4) is 0 Å². The monoisotopic (exact) mass is 332 g/mol. The summed E-state index contributed by atoms with van der Waals surface area (Å²) in [6.45, 7) is 8.94. The minimum Gasteiger partial charge on any atom is -0.481 e. The van der Waals surface area contributed by atoms with E-state index in [9.17, 15) is 14.7 Å². The molecule has 3 rings (SSSR count). The highest BCUT2D eigenvalue weighted by atomic mass is 16.5. The molecule has 0 unspecified atom stereocenters. The summed E-state index contributed by atoms with van der Waals surface area (Å²) in [6, 6.07) is 0. The van der Waals surface area contributed by atoms with Crippen LogP contribution in [-0.2, 0) is 14.3 Å². The summed E-state index contributed by atoms with van der Waals surface area (Å²) in [7, 11) is 0. The maximum Gasteiger partial charge on any atom is 0.331 e. The van der Waals surface area contributed by atoms with E-state index in [1.54, 1.807) is 6.08 Å². The maximum atomic E-state index is 12.0. The highest BCUT2D eigenvalue weighted by Crippen LogP contribution is 2.62. The van der Waals surface area contributed by atoms with E-state index in [1.807, 2.05) is 6.92 Å². The Labute approximate surface area is 144 Å². The second kappa shape index (κ2) is 6.05. The quantitative estimate of drug-likeness (QED) is 0.621.